The molecule has 1 unspecified atom stereocenters. The number of thiazole rings is 1. The number of guanidine groups is 1. The largest absolute Gasteiger partial charge is 0.472 e. The van der Waals surface area contributed by atoms with Crippen molar-refractivity contribution in [2.24, 2.45) is 16.5 Å². The molecule has 0 aliphatic carbocycles. The van der Waals surface area contributed by atoms with Gasteiger partial charge >= 0.3 is 0 Å². The Labute approximate surface area is 218 Å². The molecule has 3 heterocycles. The number of pyridine rings is 1. The first-order valence-electron chi connectivity index (χ1n) is 11.3. The SMILES string of the molecule is Cc1ccc(Cc2cnc(NCCSC(N=C(N)N)c3cscn3)nc2OCc2ccccc2)cn1. The minimum Gasteiger partial charge on any atom is -0.472 e. The lowest BCUT2D eigenvalue weighted by Crippen LogP contribution is -2.23. The van der Waals surface area contributed by atoms with E-state index >= 15 is 0 Å². The Hall–Kier alpha value is -3.70. The highest BCUT2D eigenvalue weighted by Crippen LogP contribution is 2.29. The van der Waals surface area contributed by atoms with Gasteiger partial charge in [0.2, 0.25) is 11.8 Å². The highest BCUT2D eigenvalue weighted by Gasteiger charge is 2.14. The van der Waals surface area contributed by atoms with Crippen LogP contribution in [-0.4, -0.2) is 38.2 Å². The van der Waals surface area contributed by atoms with Crippen molar-refractivity contribution < 1.29 is 4.74 Å². The summed E-state index contributed by atoms with van der Waals surface area (Å²) in [6.45, 7) is 3.00. The van der Waals surface area contributed by atoms with Gasteiger partial charge < -0.3 is 21.5 Å². The molecule has 0 spiro atoms. The Kier molecular flexibility index (Phi) is 9.06. The fraction of sp³-hybridized carbons (Fsp3) is 0.240. The van der Waals surface area contributed by atoms with Crippen LogP contribution in [0.1, 0.15) is 33.5 Å². The maximum atomic E-state index is 6.13. The molecule has 4 aromatic rings. The average molecular weight is 521 g/mol. The fourth-order valence-corrected chi connectivity index (χ4v) is 4.87. The van der Waals surface area contributed by atoms with Gasteiger partial charge in [0.05, 0.1) is 11.2 Å². The monoisotopic (exact) mass is 520 g/mol. The predicted octanol–water partition coefficient (Wildman–Crippen LogP) is 3.92. The summed E-state index contributed by atoms with van der Waals surface area (Å²) >= 11 is 3.09. The summed E-state index contributed by atoms with van der Waals surface area (Å²) in [5.74, 6) is 1.80. The fourth-order valence-electron chi connectivity index (χ4n) is 3.27. The Morgan fingerprint density at radius 2 is 1.94 bits per heavy atom. The molecule has 0 bridgehead atoms. The summed E-state index contributed by atoms with van der Waals surface area (Å²) in [6, 6.07) is 14.1. The van der Waals surface area contributed by atoms with Crippen molar-refractivity contribution in [2.75, 3.05) is 17.6 Å². The van der Waals surface area contributed by atoms with Crippen LogP contribution in [0.4, 0.5) is 5.95 Å². The zero-order valence-electron chi connectivity index (χ0n) is 19.9. The number of benzene rings is 1. The number of nitrogens with zero attached hydrogens (tertiary/aromatic N) is 5. The number of anilines is 1. The van der Waals surface area contributed by atoms with Gasteiger partial charge in [-0.05, 0) is 24.1 Å². The van der Waals surface area contributed by atoms with Gasteiger partial charge in [-0.25, -0.2) is 15.0 Å². The van der Waals surface area contributed by atoms with E-state index in [9.17, 15) is 0 Å². The lowest BCUT2D eigenvalue weighted by molar-refractivity contribution is 0.290. The first-order chi connectivity index (χ1) is 17.6. The Balaban J connectivity index is 1.42. The van der Waals surface area contributed by atoms with Gasteiger partial charge in [-0.15, -0.1) is 23.1 Å². The second-order valence-electron chi connectivity index (χ2n) is 7.90. The Bertz CT molecular complexity index is 1250. The molecule has 3 aromatic heterocycles. The molecule has 9 nitrogen and oxygen atoms in total. The first kappa shape index (κ1) is 25.4. The first-order valence-corrected chi connectivity index (χ1v) is 13.3. The van der Waals surface area contributed by atoms with E-state index in [0.717, 1.165) is 33.8 Å². The molecular weight excluding hydrogens is 492 g/mol. The van der Waals surface area contributed by atoms with Gasteiger partial charge in [-0.1, -0.05) is 36.4 Å². The molecule has 186 valence electrons. The third kappa shape index (κ3) is 7.65. The standard InChI is InChI=1S/C25H28N8OS2/c1-17-7-8-19(12-29-17)11-20-13-30-25(32-22(20)34-14-18-5-3-2-4-6-18)28-9-10-36-23(33-24(26)27)21-15-35-16-31-21/h2-8,12-13,15-16,23H,9-11,14H2,1H3,(H4,26,27,33)(H,28,30,32). The van der Waals surface area contributed by atoms with Crippen molar-refractivity contribution in [3.05, 3.63) is 93.8 Å². The van der Waals surface area contributed by atoms with Crippen LogP contribution in [0.15, 0.2) is 70.7 Å². The summed E-state index contributed by atoms with van der Waals surface area (Å²) in [6.07, 6.45) is 4.30. The van der Waals surface area contributed by atoms with Crippen molar-refractivity contribution >= 4 is 35.0 Å². The molecule has 0 fully saturated rings. The van der Waals surface area contributed by atoms with E-state index < -0.39 is 0 Å². The van der Waals surface area contributed by atoms with Crippen LogP contribution in [-0.2, 0) is 13.0 Å². The molecule has 0 aliphatic rings. The van der Waals surface area contributed by atoms with Crippen molar-refractivity contribution in [1.29, 1.82) is 0 Å². The zero-order valence-corrected chi connectivity index (χ0v) is 21.5. The minimum atomic E-state index is -0.251. The highest BCUT2D eigenvalue weighted by molar-refractivity contribution is 7.99. The number of thioether (sulfide) groups is 1. The Morgan fingerprint density at radius 1 is 1.08 bits per heavy atom. The van der Waals surface area contributed by atoms with Gasteiger partial charge in [-0.2, -0.15) is 4.98 Å². The topological polar surface area (TPSA) is 137 Å². The van der Waals surface area contributed by atoms with Gasteiger partial charge in [0.1, 0.15) is 12.0 Å². The number of aliphatic imine (C=N–C) groups is 1. The molecule has 0 saturated carbocycles. The molecule has 1 aromatic carbocycles. The number of aromatic nitrogens is 4. The lowest BCUT2D eigenvalue weighted by atomic mass is 10.1. The van der Waals surface area contributed by atoms with Gasteiger partial charge in [0.25, 0.3) is 0 Å². The molecule has 0 radical (unpaired) electrons. The number of rotatable bonds is 12. The molecular formula is C25H28N8OS2. The number of ether oxygens (including phenoxy) is 1. The maximum absolute atomic E-state index is 6.13. The maximum Gasteiger partial charge on any atom is 0.225 e. The van der Waals surface area contributed by atoms with Crippen LogP contribution < -0.4 is 21.5 Å². The van der Waals surface area contributed by atoms with Crippen molar-refractivity contribution in [1.82, 2.24) is 19.9 Å². The normalized spacial score (nSPS) is 11.6. The van der Waals surface area contributed by atoms with Crippen LogP contribution in [0, 0.1) is 6.92 Å². The van der Waals surface area contributed by atoms with E-state index in [4.69, 9.17) is 16.2 Å². The summed E-state index contributed by atoms with van der Waals surface area (Å²) < 4.78 is 6.13. The van der Waals surface area contributed by atoms with Crippen LogP contribution in [0.25, 0.3) is 0 Å². The van der Waals surface area contributed by atoms with E-state index in [1.54, 1.807) is 23.5 Å². The summed E-state index contributed by atoms with van der Waals surface area (Å²) in [7, 11) is 0. The van der Waals surface area contributed by atoms with E-state index in [0.29, 0.717) is 31.4 Å². The molecule has 5 N–H and O–H groups in total. The van der Waals surface area contributed by atoms with E-state index in [2.05, 4.69) is 36.3 Å². The zero-order chi connectivity index (χ0) is 25.2. The predicted molar refractivity (Wildman–Crippen MR) is 146 cm³/mol. The third-order valence-electron chi connectivity index (χ3n) is 5.04. The molecule has 4 rings (SSSR count). The number of aryl methyl sites for hydroxylation is 1. The molecule has 0 amide bonds. The van der Waals surface area contributed by atoms with Crippen LogP contribution in [0.3, 0.4) is 0 Å². The summed E-state index contributed by atoms with van der Waals surface area (Å²) in [5, 5.41) is 4.96. The van der Waals surface area contributed by atoms with Crippen molar-refractivity contribution in [2.45, 2.75) is 25.3 Å². The van der Waals surface area contributed by atoms with Crippen molar-refractivity contribution in [3.8, 4) is 5.88 Å². The second-order valence-corrected chi connectivity index (χ2v) is 9.81. The lowest BCUT2D eigenvalue weighted by Gasteiger charge is -2.13. The number of hydrogen-bond acceptors (Lipinski definition) is 9. The number of nitrogens with one attached hydrogen (secondary N) is 1. The molecule has 1 atom stereocenters. The number of hydrogen-bond donors (Lipinski definition) is 3. The Morgan fingerprint density at radius 3 is 2.67 bits per heavy atom. The third-order valence-corrected chi connectivity index (χ3v) is 6.75. The molecule has 0 saturated heterocycles. The summed E-state index contributed by atoms with van der Waals surface area (Å²) in [4.78, 5) is 22.2. The van der Waals surface area contributed by atoms with Crippen molar-refractivity contribution in [3.63, 3.8) is 0 Å². The number of nitrogens with two attached hydrogens (primary N) is 2. The smallest absolute Gasteiger partial charge is 0.225 e. The van der Waals surface area contributed by atoms with Gasteiger partial charge in [0.15, 0.2) is 5.96 Å². The molecule has 11 heteroatoms. The molecule has 0 aliphatic heterocycles. The average Bonchev–Trinajstić information content (AvgIpc) is 3.42. The molecule has 36 heavy (non-hydrogen) atoms. The summed E-state index contributed by atoms with van der Waals surface area (Å²) in [5.41, 5.74) is 17.8. The van der Waals surface area contributed by atoms with Crippen LogP contribution in [0.5, 0.6) is 5.88 Å². The van der Waals surface area contributed by atoms with E-state index in [-0.39, 0.29) is 11.3 Å². The van der Waals surface area contributed by atoms with Gasteiger partial charge in [-0.3, -0.25) is 4.98 Å². The quantitative estimate of drug-likeness (QED) is 0.144. The highest BCUT2D eigenvalue weighted by atomic mass is 32.2. The van der Waals surface area contributed by atoms with E-state index in [1.807, 2.05) is 54.9 Å². The van der Waals surface area contributed by atoms with Gasteiger partial charge in [0, 0.05) is 47.7 Å². The minimum absolute atomic E-state index is 0.0383. The van der Waals surface area contributed by atoms with E-state index in [1.165, 1.54) is 11.3 Å². The second kappa shape index (κ2) is 12.8. The van der Waals surface area contributed by atoms with Crippen LogP contribution in [0.2, 0.25) is 0 Å². The van der Waals surface area contributed by atoms with Crippen LogP contribution >= 0.6 is 23.1 Å².